The van der Waals surface area contributed by atoms with Crippen LogP contribution in [-0.2, 0) is 13.2 Å². The van der Waals surface area contributed by atoms with E-state index < -0.39 is 11.7 Å². The molecule has 7 heteroatoms. The van der Waals surface area contributed by atoms with E-state index in [2.05, 4.69) is 15.0 Å². The molecule has 0 fully saturated rings. The third kappa shape index (κ3) is 2.81. The molecular weight excluding hydrogens is 341 g/mol. The Bertz CT molecular complexity index is 1080. The van der Waals surface area contributed by atoms with Crippen molar-refractivity contribution in [2.75, 3.05) is 0 Å². The molecule has 4 aromatic rings. The summed E-state index contributed by atoms with van der Waals surface area (Å²) in [6.45, 7) is 0. The van der Waals surface area contributed by atoms with Crippen molar-refractivity contribution in [1.82, 2.24) is 19.5 Å². The molecule has 26 heavy (non-hydrogen) atoms. The minimum absolute atomic E-state index is 0.492. The Labute approximate surface area is 147 Å². The molecular formula is C19H13F3N4. The number of alkyl halides is 3. The van der Waals surface area contributed by atoms with Gasteiger partial charge in [0.05, 0.1) is 16.6 Å². The van der Waals surface area contributed by atoms with Gasteiger partial charge in [-0.25, -0.2) is 15.0 Å². The standard InChI is InChI=1S/C19H13F3N4/c1-26-11-10-23-18(26)17-16(24-14-4-2-3-5-15(14)25-17)12-6-8-13(9-7-12)19(20,21)22/h2-11H,1H3. The zero-order valence-electron chi connectivity index (χ0n) is 13.7. The average molecular weight is 354 g/mol. The molecule has 4 nitrogen and oxygen atoms in total. The number of benzene rings is 2. The van der Waals surface area contributed by atoms with Crippen molar-refractivity contribution in [1.29, 1.82) is 0 Å². The molecule has 0 amide bonds. The molecule has 0 unspecified atom stereocenters. The second kappa shape index (κ2) is 5.94. The number of para-hydroxylation sites is 2. The Balaban J connectivity index is 1.94. The molecule has 130 valence electrons. The maximum atomic E-state index is 12.8. The van der Waals surface area contributed by atoms with Crippen LogP contribution in [0, 0.1) is 0 Å². The Kier molecular flexibility index (Phi) is 3.72. The van der Waals surface area contributed by atoms with Gasteiger partial charge >= 0.3 is 6.18 Å². The van der Waals surface area contributed by atoms with Gasteiger partial charge in [0, 0.05) is 25.0 Å². The minimum atomic E-state index is -4.38. The van der Waals surface area contributed by atoms with Crippen LogP contribution in [0.4, 0.5) is 13.2 Å². The van der Waals surface area contributed by atoms with Crippen LogP contribution in [0.25, 0.3) is 33.8 Å². The molecule has 4 rings (SSSR count). The van der Waals surface area contributed by atoms with Crippen molar-refractivity contribution >= 4 is 11.0 Å². The highest BCUT2D eigenvalue weighted by Gasteiger charge is 2.30. The van der Waals surface area contributed by atoms with Crippen molar-refractivity contribution in [3.05, 3.63) is 66.5 Å². The number of imidazole rings is 1. The lowest BCUT2D eigenvalue weighted by molar-refractivity contribution is -0.137. The van der Waals surface area contributed by atoms with Crippen LogP contribution < -0.4 is 0 Å². The lowest BCUT2D eigenvalue weighted by Gasteiger charge is -2.11. The quantitative estimate of drug-likeness (QED) is 0.523. The van der Waals surface area contributed by atoms with Crippen LogP contribution in [0.1, 0.15) is 5.56 Å². The van der Waals surface area contributed by atoms with Gasteiger partial charge in [0.15, 0.2) is 5.82 Å². The molecule has 2 heterocycles. The molecule has 0 saturated heterocycles. The Hall–Kier alpha value is -3.22. The number of fused-ring (bicyclic) bond motifs is 1. The Morgan fingerprint density at radius 1 is 0.846 bits per heavy atom. The summed E-state index contributed by atoms with van der Waals surface area (Å²) in [5, 5.41) is 0. The SMILES string of the molecule is Cn1ccnc1-c1nc2ccccc2nc1-c1ccc(C(F)(F)F)cc1. The van der Waals surface area contributed by atoms with Gasteiger partial charge in [0.2, 0.25) is 0 Å². The maximum Gasteiger partial charge on any atom is 0.416 e. The molecule has 0 saturated carbocycles. The second-order valence-electron chi connectivity index (χ2n) is 5.85. The summed E-state index contributed by atoms with van der Waals surface area (Å²) in [5.74, 6) is 0.596. The molecule has 0 aliphatic heterocycles. The molecule has 0 aliphatic carbocycles. The van der Waals surface area contributed by atoms with Gasteiger partial charge in [0.25, 0.3) is 0 Å². The first-order valence-electron chi connectivity index (χ1n) is 7.85. The van der Waals surface area contributed by atoms with Crippen LogP contribution in [0.3, 0.4) is 0 Å². The minimum Gasteiger partial charge on any atom is -0.333 e. The number of rotatable bonds is 2. The van der Waals surface area contributed by atoms with Crippen LogP contribution in [0.15, 0.2) is 60.9 Å². The summed E-state index contributed by atoms with van der Waals surface area (Å²) < 4.78 is 40.3. The summed E-state index contributed by atoms with van der Waals surface area (Å²) in [5.41, 5.74) is 2.23. The highest BCUT2D eigenvalue weighted by atomic mass is 19.4. The summed E-state index contributed by atoms with van der Waals surface area (Å²) in [7, 11) is 1.83. The van der Waals surface area contributed by atoms with Crippen LogP contribution in [-0.4, -0.2) is 19.5 Å². The van der Waals surface area contributed by atoms with Gasteiger partial charge < -0.3 is 4.57 Å². The topological polar surface area (TPSA) is 43.6 Å². The number of hydrogen-bond donors (Lipinski definition) is 0. The smallest absolute Gasteiger partial charge is 0.333 e. The van der Waals surface area contributed by atoms with Gasteiger partial charge in [-0.2, -0.15) is 13.2 Å². The van der Waals surface area contributed by atoms with Gasteiger partial charge in [-0.15, -0.1) is 0 Å². The number of aryl methyl sites for hydroxylation is 1. The predicted octanol–water partition coefficient (Wildman–Crippen LogP) is 4.72. The van der Waals surface area contributed by atoms with E-state index in [1.54, 1.807) is 17.0 Å². The van der Waals surface area contributed by atoms with Crippen molar-refractivity contribution in [2.24, 2.45) is 7.05 Å². The summed E-state index contributed by atoms with van der Waals surface area (Å²) >= 11 is 0. The van der Waals surface area contributed by atoms with Crippen molar-refractivity contribution in [3.8, 4) is 22.8 Å². The van der Waals surface area contributed by atoms with Gasteiger partial charge in [-0.1, -0.05) is 24.3 Å². The summed E-state index contributed by atoms with van der Waals surface area (Å²) in [4.78, 5) is 13.6. The van der Waals surface area contributed by atoms with Crippen molar-refractivity contribution in [2.45, 2.75) is 6.18 Å². The van der Waals surface area contributed by atoms with Crippen LogP contribution >= 0.6 is 0 Å². The average Bonchev–Trinajstić information content (AvgIpc) is 3.06. The van der Waals surface area contributed by atoms with Crippen LogP contribution in [0.5, 0.6) is 0 Å². The van der Waals surface area contributed by atoms with E-state index in [1.165, 1.54) is 12.1 Å². The van der Waals surface area contributed by atoms with E-state index in [9.17, 15) is 13.2 Å². The third-order valence-electron chi connectivity index (χ3n) is 4.09. The van der Waals surface area contributed by atoms with E-state index in [1.807, 2.05) is 31.3 Å². The molecule has 0 atom stereocenters. The molecule has 0 spiro atoms. The zero-order chi connectivity index (χ0) is 18.3. The van der Waals surface area contributed by atoms with E-state index >= 15 is 0 Å². The van der Waals surface area contributed by atoms with E-state index in [-0.39, 0.29) is 0 Å². The number of aromatic nitrogens is 4. The first-order chi connectivity index (χ1) is 12.4. The Morgan fingerprint density at radius 3 is 2.00 bits per heavy atom. The van der Waals surface area contributed by atoms with E-state index in [0.29, 0.717) is 33.8 Å². The molecule has 0 radical (unpaired) electrons. The van der Waals surface area contributed by atoms with Gasteiger partial charge in [-0.3, -0.25) is 0 Å². The first kappa shape index (κ1) is 16.3. The fraction of sp³-hybridized carbons (Fsp3) is 0.105. The zero-order valence-corrected chi connectivity index (χ0v) is 13.7. The first-order valence-corrected chi connectivity index (χ1v) is 7.85. The fourth-order valence-corrected chi connectivity index (χ4v) is 2.77. The second-order valence-corrected chi connectivity index (χ2v) is 5.85. The van der Waals surface area contributed by atoms with Crippen LogP contribution in [0.2, 0.25) is 0 Å². The number of nitrogens with zero attached hydrogens (tertiary/aromatic N) is 4. The van der Waals surface area contributed by atoms with E-state index in [4.69, 9.17) is 0 Å². The van der Waals surface area contributed by atoms with E-state index in [0.717, 1.165) is 12.1 Å². The largest absolute Gasteiger partial charge is 0.416 e. The highest BCUT2D eigenvalue weighted by molar-refractivity contribution is 5.84. The molecule has 0 bridgehead atoms. The number of hydrogen-bond acceptors (Lipinski definition) is 3. The third-order valence-corrected chi connectivity index (χ3v) is 4.09. The predicted molar refractivity (Wildman–Crippen MR) is 92.2 cm³/mol. The normalized spacial score (nSPS) is 11.8. The molecule has 0 aliphatic rings. The number of halogens is 3. The van der Waals surface area contributed by atoms with Gasteiger partial charge in [0.1, 0.15) is 11.4 Å². The summed E-state index contributed by atoms with van der Waals surface area (Å²) in [6.07, 6.45) is -0.957. The maximum absolute atomic E-state index is 12.8. The highest BCUT2D eigenvalue weighted by Crippen LogP contribution is 2.33. The fourth-order valence-electron chi connectivity index (χ4n) is 2.77. The molecule has 0 N–H and O–H groups in total. The van der Waals surface area contributed by atoms with Crippen molar-refractivity contribution < 1.29 is 13.2 Å². The van der Waals surface area contributed by atoms with Gasteiger partial charge in [-0.05, 0) is 24.3 Å². The monoisotopic (exact) mass is 354 g/mol. The van der Waals surface area contributed by atoms with Crippen molar-refractivity contribution in [3.63, 3.8) is 0 Å². The molecule has 2 aromatic carbocycles. The Morgan fingerprint density at radius 2 is 1.46 bits per heavy atom. The lowest BCUT2D eigenvalue weighted by Crippen LogP contribution is -2.04. The summed E-state index contributed by atoms with van der Waals surface area (Å²) in [6, 6.07) is 12.3. The molecule has 2 aromatic heterocycles. The lowest BCUT2D eigenvalue weighted by atomic mass is 10.1.